The summed E-state index contributed by atoms with van der Waals surface area (Å²) >= 11 is 8.91. The molecule has 19 heavy (non-hydrogen) atoms. The largest absolute Gasteiger partial charge is 0.376 e. The first-order chi connectivity index (χ1) is 8.97. The molecule has 1 nitrogen and oxygen atoms in total. The predicted molar refractivity (Wildman–Crippen MR) is 77.5 cm³/mol. The van der Waals surface area contributed by atoms with Crippen molar-refractivity contribution in [2.75, 3.05) is 5.32 Å². The number of hydrogen-bond acceptors (Lipinski definition) is 1. The Balaban J connectivity index is 2.22. The Labute approximate surface area is 123 Å². The highest BCUT2D eigenvalue weighted by molar-refractivity contribution is 9.10. The van der Waals surface area contributed by atoms with E-state index in [1.807, 2.05) is 6.92 Å². The molecule has 1 N–H and O–H groups in total. The van der Waals surface area contributed by atoms with E-state index in [2.05, 4.69) is 21.2 Å². The first kappa shape index (κ1) is 14.3. The van der Waals surface area contributed by atoms with Crippen molar-refractivity contribution >= 4 is 33.2 Å². The highest BCUT2D eigenvalue weighted by Gasteiger charge is 2.11. The third kappa shape index (κ3) is 3.45. The summed E-state index contributed by atoms with van der Waals surface area (Å²) in [5.74, 6) is -0.841. The molecule has 0 amide bonds. The van der Waals surface area contributed by atoms with Crippen molar-refractivity contribution in [1.82, 2.24) is 0 Å². The molecule has 1 unspecified atom stereocenters. The van der Waals surface area contributed by atoms with E-state index in [1.54, 1.807) is 18.2 Å². The van der Waals surface area contributed by atoms with Crippen molar-refractivity contribution < 1.29 is 8.78 Å². The number of rotatable bonds is 3. The fourth-order valence-electron chi connectivity index (χ4n) is 1.71. The molecule has 0 aliphatic rings. The minimum atomic E-state index is -0.484. The van der Waals surface area contributed by atoms with Gasteiger partial charge >= 0.3 is 0 Å². The van der Waals surface area contributed by atoms with Crippen LogP contribution in [0.5, 0.6) is 0 Å². The van der Waals surface area contributed by atoms with Crippen LogP contribution in [0.15, 0.2) is 40.9 Å². The molecule has 0 heterocycles. The van der Waals surface area contributed by atoms with Gasteiger partial charge < -0.3 is 5.32 Å². The van der Waals surface area contributed by atoms with Crippen LogP contribution in [0, 0.1) is 11.6 Å². The monoisotopic (exact) mass is 345 g/mol. The molecule has 100 valence electrons. The molecule has 0 radical (unpaired) electrons. The maximum Gasteiger partial charge on any atom is 0.146 e. The van der Waals surface area contributed by atoms with Crippen molar-refractivity contribution in [3.63, 3.8) is 0 Å². The maximum atomic E-state index is 13.6. The van der Waals surface area contributed by atoms with Crippen LogP contribution in [0.4, 0.5) is 14.5 Å². The fourth-order valence-corrected chi connectivity index (χ4v) is 2.19. The summed E-state index contributed by atoms with van der Waals surface area (Å²) in [7, 11) is 0. The van der Waals surface area contributed by atoms with Crippen LogP contribution < -0.4 is 5.32 Å². The minimum Gasteiger partial charge on any atom is -0.376 e. The number of anilines is 1. The molecule has 0 bridgehead atoms. The molecule has 0 fully saturated rings. The van der Waals surface area contributed by atoms with Gasteiger partial charge in [-0.05, 0) is 42.8 Å². The Hall–Kier alpha value is -1.13. The van der Waals surface area contributed by atoms with Gasteiger partial charge in [0.15, 0.2) is 0 Å². The predicted octanol–water partition coefficient (Wildman–Crippen LogP) is 5.55. The SMILES string of the molecule is CC(Nc1cc(Br)ccc1F)c1ccc(Cl)c(F)c1. The zero-order chi connectivity index (χ0) is 14.0. The van der Waals surface area contributed by atoms with E-state index in [9.17, 15) is 8.78 Å². The molecule has 0 aliphatic carbocycles. The molecule has 0 aliphatic heterocycles. The Morgan fingerprint density at radius 1 is 1.11 bits per heavy atom. The topological polar surface area (TPSA) is 12.0 Å². The molecule has 0 spiro atoms. The Morgan fingerprint density at radius 2 is 1.84 bits per heavy atom. The quantitative estimate of drug-likeness (QED) is 0.768. The lowest BCUT2D eigenvalue weighted by atomic mass is 10.1. The second kappa shape index (κ2) is 5.88. The van der Waals surface area contributed by atoms with E-state index >= 15 is 0 Å². The summed E-state index contributed by atoms with van der Waals surface area (Å²) < 4.78 is 27.8. The van der Waals surface area contributed by atoms with Gasteiger partial charge in [0.1, 0.15) is 11.6 Å². The van der Waals surface area contributed by atoms with Gasteiger partial charge in [-0.15, -0.1) is 0 Å². The van der Waals surface area contributed by atoms with Crippen LogP contribution in [0.1, 0.15) is 18.5 Å². The van der Waals surface area contributed by atoms with E-state index < -0.39 is 5.82 Å². The summed E-state index contributed by atoms with van der Waals surface area (Å²) in [5, 5.41) is 3.07. The molecular formula is C14H11BrClF2N. The first-order valence-corrected chi connectivity index (χ1v) is 6.81. The molecule has 2 aromatic carbocycles. The normalized spacial score (nSPS) is 12.3. The molecule has 1 atom stereocenters. The van der Waals surface area contributed by atoms with E-state index in [0.29, 0.717) is 11.3 Å². The molecule has 5 heteroatoms. The fraction of sp³-hybridized carbons (Fsp3) is 0.143. The molecule has 2 rings (SSSR count). The summed E-state index contributed by atoms with van der Waals surface area (Å²) in [6.07, 6.45) is 0. The van der Waals surface area contributed by atoms with Gasteiger partial charge in [-0.2, -0.15) is 0 Å². The van der Waals surface area contributed by atoms with Gasteiger partial charge in [0.2, 0.25) is 0 Å². The van der Waals surface area contributed by atoms with Crippen molar-refractivity contribution in [2.24, 2.45) is 0 Å². The third-order valence-corrected chi connectivity index (χ3v) is 3.54. The number of benzene rings is 2. The smallest absolute Gasteiger partial charge is 0.146 e. The van der Waals surface area contributed by atoms with Gasteiger partial charge in [-0.25, -0.2) is 8.78 Å². The second-order valence-corrected chi connectivity index (χ2v) is 5.49. The average molecular weight is 347 g/mol. The number of hydrogen-bond donors (Lipinski definition) is 1. The van der Waals surface area contributed by atoms with Gasteiger partial charge in [0, 0.05) is 10.5 Å². The minimum absolute atomic E-state index is 0.0737. The van der Waals surface area contributed by atoms with Gasteiger partial charge in [-0.1, -0.05) is 33.6 Å². The van der Waals surface area contributed by atoms with Crippen LogP contribution in [0.2, 0.25) is 5.02 Å². The van der Waals surface area contributed by atoms with Crippen molar-refractivity contribution in [3.8, 4) is 0 Å². The van der Waals surface area contributed by atoms with Gasteiger partial charge in [0.25, 0.3) is 0 Å². The van der Waals surface area contributed by atoms with E-state index in [4.69, 9.17) is 11.6 Å². The van der Waals surface area contributed by atoms with Crippen molar-refractivity contribution in [3.05, 3.63) is 63.1 Å². The average Bonchev–Trinajstić information content (AvgIpc) is 2.37. The number of nitrogens with one attached hydrogen (secondary N) is 1. The Bertz CT molecular complexity index is 604. The molecule has 2 aromatic rings. The van der Waals surface area contributed by atoms with Crippen LogP contribution in [0.25, 0.3) is 0 Å². The lowest BCUT2D eigenvalue weighted by Gasteiger charge is -2.17. The van der Waals surface area contributed by atoms with E-state index in [1.165, 1.54) is 18.2 Å². The second-order valence-electron chi connectivity index (χ2n) is 4.16. The van der Waals surface area contributed by atoms with E-state index in [0.717, 1.165) is 4.47 Å². The lowest BCUT2D eigenvalue weighted by Crippen LogP contribution is -2.08. The number of halogens is 4. The first-order valence-electron chi connectivity index (χ1n) is 5.64. The zero-order valence-corrected chi connectivity index (χ0v) is 12.4. The molecular weight excluding hydrogens is 336 g/mol. The Morgan fingerprint density at radius 3 is 2.53 bits per heavy atom. The van der Waals surface area contributed by atoms with Gasteiger partial charge in [-0.3, -0.25) is 0 Å². The van der Waals surface area contributed by atoms with Crippen molar-refractivity contribution in [1.29, 1.82) is 0 Å². The highest BCUT2D eigenvalue weighted by atomic mass is 79.9. The van der Waals surface area contributed by atoms with Crippen LogP contribution in [-0.4, -0.2) is 0 Å². The lowest BCUT2D eigenvalue weighted by molar-refractivity contribution is 0.621. The summed E-state index contributed by atoms with van der Waals surface area (Å²) in [6, 6.07) is 8.92. The summed E-state index contributed by atoms with van der Waals surface area (Å²) in [5.41, 5.74) is 1.05. The highest BCUT2D eigenvalue weighted by Crippen LogP contribution is 2.26. The van der Waals surface area contributed by atoms with Gasteiger partial charge in [0.05, 0.1) is 10.7 Å². The Kier molecular flexibility index (Phi) is 4.42. The maximum absolute atomic E-state index is 13.6. The standard InChI is InChI=1S/C14H11BrClF2N/c1-8(9-2-4-11(16)13(18)6-9)19-14-7-10(15)3-5-12(14)17/h2-8,19H,1H3. The van der Waals surface area contributed by atoms with Crippen LogP contribution >= 0.6 is 27.5 Å². The summed E-state index contributed by atoms with van der Waals surface area (Å²) in [4.78, 5) is 0. The molecule has 0 saturated carbocycles. The van der Waals surface area contributed by atoms with Crippen LogP contribution in [-0.2, 0) is 0 Å². The zero-order valence-electron chi connectivity index (χ0n) is 10.1. The summed E-state index contributed by atoms with van der Waals surface area (Å²) in [6.45, 7) is 1.82. The van der Waals surface area contributed by atoms with Crippen LogP contribution in [0.3, 0.4) is 0 Å². The third-order valence-electron chi connectivity index (χ3n) is 2.74. The molecule has 0 saturated heterocycles. The molecule has 0 aromatic heterocycles. The van der Waals surface area contributed by atoms with Crippen molar-refractivity contribution in [2.45, 2.75) is 13.0 Å². The van der Waals surface area contributed by atoms with E-state index in [-0.39, 0.29) is 16.9 Å².